The van der Waals surface area contributed by atoms with Gasteiger partial charge in [-0.3, -0.25) is 4.79 Å². The lowest BCUT2D eigenvalue weighted by Crippen LogP contribution is -2.28. The number of carbonyl (C=O) groups excluding carboxylic acids is 1. The number of rotatable bonds is 6. The minimum absolute atomic E-state index is 0.125. The standard InChI is InChI=1S/C22H26N2O5/c1-13-20(16-11-18(27-4)22(29-6)19(12-16)28-5)21(24(23-13)14(2)25)15-7-9-17(26-3)10-8-15/h7-12,20-21H,1-6H3/t20-,21-/m0/s1. The van der Waals surface area contributed by atoms with Gasteiger partial charge in [-0.1, -0.05) is 12.1 Å². The third kappa shape index (κ3) is 3.72. The van der Waals surface area contributed by atoms with Crippen LogP contribution in [0.25, 0.3) is 0 Å². The van der Waals surface area contributed by atoms with Gasteiger partial charge in [-0.25, -0.2) is 5.01 Å². The summed E-state index contributed by atoms with van der Waals surface area (Å²) in [6.07, 6.45) is 0. The van der Waals surface area contributed by atoms with E-state index in [1.165, 1.54) is 11.9 Å². The fourth-order valence-electron chi connectivity index (χ4n) is 3.77. The van der Waals surface area contributed by atoms with Crippen molar-refractivity contribution in [1.29, 1.82) is 0 Å². The summed E-state index contributed by atoms with van der Waals surface area (Å²) in [5.74, 6) is 2.11. The van der Waals surface area contributed by atoms with Crippen LogP contribution in [0, 0.1) is 0 Å². The average Bonchev–Trinajstić information content (AvgIpc) is 3.10. The number of benzene rings is 2. The molecule has 29 heavy (non-hydrogen) atoms. The Kier molecular flexibility index (Phi) is 5.96. The first-order valence-electron chi connectivity index (χ1n) is 9.23. The van der Waals surface area contributed by atoms with Crippen LogP contribution in [-0.2, 0) is 4.79 Å². The van der Waals surface area contributed by atoms with Gasteiger partial charge in [0, 0.05) is 12.6 Å². The summed E-state index contributed by atoms with van der Waals surface area (Å²) in [6, 6.07) is 11.2. The van der Waals surface area contributed by atoms with E-state index in [1.54, 1.807) is 28.4 Å². The van der Waals surface area contributed by atoms with E-state index >= 15 is 0 Å². The Morgan fingerprint density at radius 2 is 1.48 bits per heavy atom. The van der Waals surface area contributed by atoms with Crippen molar-refractivity contribution in [3.8, 4) is 23.0 Å². The van der Waals surface area contributed by atoms with Crippen LogP contribution in [0.15, 0.2) is 41.5 Å². The summed E-state index contributed by atoms with van der Waals surface area (Å²) >= 11 is 0. The van der Waals surface area contributed by atoms with Crippen LogP contribution in [0.3, 0.4) is 0 Å². The summed E-state index contributed by atoms with van der Waals surface area (Å²) in [4.78, 5) is 12.3. The predicted octanol–water partition coefficient (Wildman–Crippen LogP) is 3.78. The minimum atomic E-state index is -0.291. The number of hydrogen-bond acceptors (Lipinski definition) is 6. The fourth-order valence-corrected chi connectivity index (χ4v) is 3.77. The Balaban J connectivity index is 2.14. The molecule has 154 valence electrons. The van der Waals surface area contributed by atoms with Gasteiger partial charge in [-0.15, -0.1) is 0 Å². The van der Waals surface area contributed by atoms with Crippen LogP contribution in [0.1, 0.15) is 36.9 Å². The second-order valence-electron chi connectivity index (χ2n) is 6.76. The highest BCUT2D eigenvalue weighted by atomic mass is 16.5. The van der Waals surface area contributed by atoms with E-state index in [0.717, 1.165) is 22.6 Å². The quantitative estimate of drug-likeness (QED) is 0.741. The fraction of sp³-hybridized carbons (Fsp3) is 0.364. The third-order valence-electron chi connectivity index (χ3n) is 5.12. The lowest BCUT2D eigenvalue weighted by Gasteiger charge is -2.27. The molecule has 2 aromatic rings. The van der Waals surface area contributed by atoms with Gasteiger partial charge in [0.15, 0.2) is 11.5 Å². The summed E-state index contributed by atoms with van der Waals surface area (Å²) in [7, 11) is 6.36. The van der Waals surface area contributed by atoms with E-state index in [-0.39, 0.29) is 17.9 Å². The number of ether oxygens (including phenoxy) is 4. The van der Waals surface area contributed by atoms with Gasteiger partial charge >= 0.3 is 0 Å². The van der Waals surface area contributed by atoms with Crippen molar-refractivity contribution in [2.45, 2.75) is 25.8 Å². The number of carbonyl (C=O) groups is 1. The number of hydrazone groups is 1. The van der Waals surface area contributed by atoms with Crippen molar-refractivity contribution >= 4 is 11.6 Å². The largest absolute Gasteiger partial charge is 0.497 e. The second-order valence-corrected chi connectivity index (χ2v) is 6.76. The molecule has 1 aliphatic rings. The van der Waals surface area contributed by atoms with Gasteiger partial charge in [-0.05, 0) is 42.3 Å². The molecule has 2 atom stereocenters. The molecule has 0 unspecified atom stereocenters. The molecule has 0 fully saturated rings. The lowest BCUT2D eigenvalue weighted by molar-refractivity contribution is -0.130. The molecule has 0 spiro atoms. The summed E-state index contributed by atoms with van der Waals surface area (Å²) in [5, 5.41) is 6.09. The molecule has 0 saturated heterocycles. The van der Waals surface area contributed by atoms with Gasteiger partial charge in [0.25, 0.3) is 0 Å². The summed E-state index contributed by atoms with van der Waals surface area (Å²) < 4.78 is 21.7. The van der Waals surface area contributed by atoms with Gasteiger partial charge in [-0.2, -0.15) is 5.10 Å². The molecule has 7 heteroatoms. The first-order valence-corrected chi connectivity index (χ1v) is 9.23. The third-order valence-corrected chi connectivity index (χ3v) is 5.12. The second kappa shape index (κ2) is 8.43. The zero-order chi connectivity index (χ0) is 21.1. The Morgan fingerprint density at radius 3 is 1.93 bits per heavy atom. The van der Waals surface area contributed by atoms with Crippen LogP contribution in [0.2, 0.25) is 0 Å². The van der Waals surface area contributed by atoms with Crippen molar-refractivity contribution in [3.63, 3.8) is 0 Å². The van der Waals surface area contributed by atoms with Crippen molar-refractivity contribution < 1.29 is 23.7 Å². The van der Waals surface area contributed by atoms with E-state index in [0.29, 0.717) is 17.2 Å². The Bertz CT molecular complexity index is 898. The van der Waals surface area contributed by atoms with Crippen molar-refractivity contribution in [2.24, 2.45) is 5.10 Å². The van der Waals surface area contributed by atoms with Gasteiger partial charge in [0.1, 0.15) is 5.75 Å². The van der Waals surface area contributed by atoms with Crippen LogP contribution in [0.4, 0.5) is 0 Å². The number of amides is 1. The molecule has 0 saturated carbocycles. The smallest absolute Gasteiger partial charge is 0.240 e. The van der Waals surface area contributed by atoms with Crippen molar-refractivity contribution in [1.82, 2.24) is 5.01 Å². The SMILES string of the molecule is COc1ccc([C@H]2[C@H](c3cc(OC)c(OC)c(OC)c3)C(C)=NN2C(C)=O)cc1. The molecular formula is C22H26N2O5. The van der Waals surface area contributed by atoms with E-state index in [2.05, 4.69) is 5.10 Å². The predicted molar refractivity (Wildman–Crippen MR) is 110 cm³/mol. The highest BCUT2D eigenvalue weighted by molar-refractivity contribution is 5.94. The Morgan fingerprint density at radius 1 is 0.897 bits per heavy atom. The highest BCUT2D eigenvalue weighted by Crippen LogP contribution is 2.47. The van der Waals surface area contributed by atoms with Crippen LogP contribution >= 0.6 is 0 Å². The molecular weight excluding hydrogens is 372 g/mol. The normalized spacial score (nSPS) is 18.3. The molecule has 1 heterocycles. The van der Waals surface area contributed by atoms with E-state index < -0.39 is 0 Å². The van der Waals surface area contributed by atoms with Crippen LogP contribution < -0.4 is 18.9 Å². The number of nitrogens with zero attached hydrogens (tertiary/aromatic N) is 2. The first kappa shape index (κ1) is 20.5. The zero-order valence-electron chi connectivity index (χ0n) is 17.6. The number of methoxy groups -OCH3 is 4. The molecule has 0 N–H and O–H groups in total. The van der Waals surface area contributed by atoms with Gasteiger partial charge < -0.3 is 18.9 Å². The molecule has 0 radical (unpaired) electrons. The Hall–Kier alpha value is -3.22. The van der Waals surface area contributed by atoms with E-state index in [9.17, 15) is 4.79 Å². The van der Waals surface area contributed by atoms with E-state index in [1.807, 2.05) is 43.3 Å². The summed E-state index contributed by atoms with van der Waals surface area (Å²) in [5.41, 5.74) is 2.71. The van der Waals surface area contributed by atoms with Gasteiger partial charge in [0.05, 0.1) is 40.4 Å². The molecule has 3 rings (SSSR count). The monoisotopic (exact) mass is 398 g/mol. The van der Waals surface area contributed by atoms with Crippen molar-refractivity contribution in [3.05, 3.63) is 47.5 Å². The maximum Gasteiger partial charge on any atom is 0.240 e. The molecule has 0 aliphatic carbocycles. The molecule has 7 nitrogen and oxygen atoms in total. The molecule has 0 aromatic heterocycles. The highest BCUT2D eigenvalue weighted by Gasteiger charge is 2.40. The zero-order valence-corrected chi connectivity index (χ0v) is 17.6. The maximum atomic E-state index is 12.3. The summed E-state index contributed by atoms with van der Waals surface area (Å²) in [6.45, 7) is 3.44. The maximum absolute atomic E-state index is 12.3. The molecule has 1 aliphatic heterocycles. The van der Waals surface area contributed by atoms with Crippen LogP contribution in [-0.4, -0.2) is 45.1 Å². The molecule has 2 aromatic carbocycles. The molecule has 1 amide bonds. The minimum Gasteiger partial charge on any atom is -0.497 e. The first-order chi connectivity index (χ1) is 13.9. The van der Waals surface area contributed by atoms with E-state index in [4.69, 9.17) is 18.9 Å². The Labute approximate surface area is 170 Å². The number of hydrogen-bond donors (Lipinski definition) is 0. The lowest BCUT2D eigenvalue weighted by atomic mass is 9.84. The van der Waals surface area contributed by atoms with Crippen LogP contribution in [0.5, 0.6) is 23.0 Å². The van der Waals surface area contributed by atoms with Gasteiger partial charge in [0.2, 0.25) is 11.7 Å². The average molecular weight is 398 g/mol. The molecule has 0 bridgehead atoms. The van der Waals surface area contributed by atoms with Crippen molar-refractivity contribution in [2.75, 3.05) is 28.4 Å². The topological polar surface area (TPSA) is 69.6 Å².